The van der Waals surface area contributed by atoms with Crippen LogP contribution in [-0.2, 0) is 16.9 Å². The minimum absolute atomic E-state index is 0.110. The molecule has 9 nitrogen and oxygen atoms in total. The van der Waals surface area contributed by atoms with E-state index in [1.807, 2.05) is 0 Å². The lowest BCUT2D eigenvalue weighted by Gasteiger charge is -2.29. The number of methoxy groups -OCH3 is 1. The third-order valence-corrected chi connectivity index (χ3v) is 5.56. The summed E-state index contributed by atoms with van der Waals surface area (Å²) >= 11 is 5.92. The average Bonchev–Trinajstić information content (AvgIpc) is 3.36. The Bertz CT molecular complexity index is 1240. The summed E-state index contributed by atoms with van der Waals surface area (Å²) in [6.45, 7) is 0.179. The fraction of sp³-hybridized carbons (Fsp3) is 0.200. The van der Waals surface area contributed by atoms with E-state index in [4.69, 9.17) is 20.8 Å². The molecule has 2 aliphatic heterocycles. The molecule has 0 aliphatic carbocycles. The van der Waals surface area contributed by atoms with Gasteiger partial charge in [0.1, 0.15) is 22.2 Å². The highest BCUT2D eigenvalue weighted by Gasteiger charge is 2.53. The van der Waals surface area contributed by atoms with E-state index < -0.39 is 17.5 Å². The van der Waals surface area contributed by atoms with Gasteiger partial charge in [0, 0.05) is 29.8 Å². The standard InChI is InChI=1S/C20H15ClN4O5/c1-29-12-3-2-10-8-25(17(26)13(10)5-12)9-20(18(27)23-19(28)24-20)15-4-11-7-22-16(21)6-14(11)30-15/h2-7H,8-9H2,1H3,(H2,23,24,27,28). The minimum atomic E-state index is -1.58. The molecule has 5 rings (SSSR count). The van der Waals surface area contributed by atoms with Gasteiger partial charge in [-0.1, -0.05) is 17.7 Å². The quantitative estimate of drug-likeness (QED) is 0.488. The summed E-state index contributed by atoms with van der Waals surface area (Å²) in [7, 11) is 1.52. The first kappa shape index (κ1) is 18.4. The zero-order valence-corrected chi connectivity index (χ0v) is 16.4. The summed E-state index contributed by atoms with van der Waals surface area (Å²) in [5.74, 6) is -0.122. The normalized spacial score (nSPS) is 20.5. The van der Waals surface area contributed by atoms with Crippen LogP contribution in [-0.4, -0.2) is 41.4 Å². The molecule has 1 fully saturated rings. The van der Waals surface area contributed by atoms with E-state index in [1.165, 1.54) is 24.3 Å². The fourth-order valence-corrected chi connectivity index (χ4v) is 4.00. The second-order valence-electron chi connectivity index (χ2n) is 7.15. The van der Waals surface area contributed by atoms with Crippen molar-refractivity contribution in [2.45, 2.75) is 12.1 Å². The molecule has 3 aromatic rings. The molecule has 2 aliphatic rings. The molecule has 0 radical (unpaired) electrons. The van der Waals surface area contributed by atoms with Crippen LogP contribution in [0.3, 0.4) is 0 Å². The van der Waals surface area contributed by atoms with E-state index in [1.54, 1.807) is 24.3 Å². The van der Waals surface area contributed by atoms with Gasteiger partial charge in [0.05, 0.1) is 13.7 Å². The van der Waals surface area contributed by atoms with Crippen LogP contribution in [0.5, 0.6) is 5.75 Å². The number of furan rings is 1. The van der Waals surface area contributed by atoms with Gasteiger partial charge in [-0.25, -0.2) is 9.78 Å². The molecule has 0 spiro atoms. The SMILES string of the molecule is COc1ccc2c(c1)C(=O)N(CC1(c3cc4cnc(Cl)cc4o3)NC(=O)NC1=O)C2. The number of benzene rings is 1. The van der Waals surface area contributed by atoms with Crippen LogP contribution in [0.1, 0.15) is 21.7 Å². The number of carbonyl (C=O) groups is 3. The molecule has 1 saturated heterocycles. The molecule has 1 aromatic carbocycles. The predicted octanol–water partition coefficient (Wildman–Crippen LogP) is 2.18. The van der Waals surface area contributed by atoms with Gasteiger partial charge in [0.25, 0.3) is 11.8 Å². The molecular weight excluding hydrogens is 412 g/mol. The van der Waals surface area contributed by atoms with Crippen LogP contribution in [0.4, 0.5) is 4.79 Å². The maximum absolute atomic E-state index is 13.0. The fourth-order valence-electron chi connectivity index (χ4n) is 3.86. The topological polar surface area (TPSA) is 114 Å². The summed E-state index contributed by atoms with van der Waals surface area (Å²) in [4.78, 5) is 43.4. The summed E-state index contributed by atoms with van der Waals surface area (Å²) in [5, 5.41) is 5.73. The van der Waals surface area contributed by atoms with Crippen molar-refractivity contribution in [3.05, 3.63) is 58.6 Å². The molecule has 0 bridgehead atoms. The molecule has 2 N–H and O–H groups in total. The van der Waals surface area contributed by atoms with Crippen LogP contribution in [0, 0.1) is 0 Å². The zero-order chi connectivity index (χ0) is 21.0. The van der Waals surface area contributed by atoms with E-state index in [-0.39, 0.29) is 29.9 Å². The predicted molar refractivity (Wildman–Crippen MR) is 105 cm³/mol. The smallest absolute Gasteiger partial charge is 0.322 e. The molecule has 1 atom stereocenters. The Kier molecular flexibility index (Phi) is 3.97. The number of rotatable bonds is 4. The second-order valence-corrected chi connectivity index (χ2v) is 7.54. The highest BCUT2D eigenvalue weighted by Crippen LogP contribution is 2.35. The first-order valence-corrected chi connectivity index (χ1v) is 9.43. The molecule has 0 saturated carbocycles. The lowest BCUT2D eigenvalue weighted by molar-refractivity contribution is -0.125. The van der Waals surface area contributed by atoms with Gasteiger partial charge in [-0.2, -0.15) is 0 Å². The third-order valence-electron chi connectivity index (χ3n) is 5.35. The lowest BCUT2D eigenvalue weighted by Crippen LogP contribution is -2.52. The molecule has 2 aromatic heterocycles. The van der Waals surface area contributed by atoms with Crippen LogP contribution < -0.4 is 15.4 Å². The largest absolute Gasteiger partial charge is 0.497 e. The Balaban J connectivity index is 1.55. The second kappa shape index (κ2) is 6.46. The monoisotopic (exact) mass is 426 g/mol. The van der Waals surface area contributed by atoms with Crippen molar-refractivity contribution in [2.24, 2.45) is 0 Å². The Morgan fingerprint density at radius 3 is 2.83 bits per heavy atom. The van der Waals surface area contributed by atoms with E-state index >= 15 is 0 Å². The molecular formula is C20H15ClN4O5. The van der Waals surface area contributed by atoms with Gasteiger partial charge in [0.15, 0.2) is 5.54 Å². The third kappa shape index (κ3) is 2.70. The number of hydrogen-bond acceptors (Lipinski definition) is 6. The molecule has 30 heavy (non-hydrogen) atoms. The van der Waals surface area contributed by atoms with Crippen molar-refractivity contribution in [1.29, 1.82) is 0 Å². The number of pyridine rings is 1. The Morgan fingerprint density at radius 1 is 1.27 bits per heavy atom. The van der Waals surface area contributed by atoms with Gasteiger partial charge in [-0.05, 0) is 23.8 Å². The van der Waals surface area contributed by atoms with Crippen LogP contribution in [0.25, 0.3) is 11.0 Å². The molecule has 1 unspecified atom stereocenters. The Hall–Kier alpha value is -3.59. The lowest BCUT2D eigenvalue weighted by atomic mass is 9.95. The number of fused-ring (bicyclic) bond motifs is 2. The number of urea groups is 1. The molecule has 4 heterocycles. The number of imide groups is 1. The van der Waals surface area contributed by atoms with Crippen molar-refractivity contribution in [2.75, 3.05) is 13.7 Å². The zero-order valence-electron chi connectivity index (χ0n) is 15.7. The number of carbonyl (C=O) groups excluding carboxylic acids is 3. The minimum Gasteiger partial charge on any atom is -0.497 e. The van der Waals surface area contributed by atoms with Gasteiger partial charge >= 0.3 is 6.03 Å². The average molecular weight is 427 g/mol. The molecule has 10 heteroatoms. The first-order chi connectivity index (χ1) is 14.4. The Morgan fingerprint density at radius 2 is 2.10 bits per heavy atom. The maximum Gasteiger partial charge on any atom is 0.322 e. The number of ether oxygens (including phenoxy) is 1. The van der Waals surface area contributed by atoms with Gasteiger partial charge in [-0.15, -0.1) is 0 Å². The van der Waals surface area contributed by atoms with Gasteiger partial charge in [0.2, 0.25) is 0 Å². The summed E-state index contributed by atoms with van der Waals surface area (Å²) in [6, 6.07) is 7.70. The first-order valence-electron chi connectivity index (χ1n) is 9.05. The highest BCUT2D eigenvalue weighted by molar-refractivity contribution is 6.29. The van der Waals surface area contributed by atoms with Crippen molar-refractivity contribution in [3.63, 3.8) is 0 Å². The van der Waals surface area contributed by atoms with E-state index in [0.717, 1.165) is 5.56 Å². The van der Waals surface area contributed by atoms with E-state index in [0.29, 0.717) is 22.3 Å². The van der Waals surface area contributed by atoms with Crippen molar-refractivity contribution in [1.82, 2.24) is 20.5 Å². The number of amides is 4. The van der Waals surface area contributed by atoms with Crippen LogP contribution in [0.2, 0.25) is 5.15 Å². The maximum atomic E-state index is 13.0. The van der Waals surface area contributed by atoms with E-state index in [2.05, 4.69) is 15.6 Å². The Labute approximate surface area is 174 Å². The number of aromatic nitrogens is 1. The summed E-state index contributed by atoms with van der Waals surface area (Å²) in [5.41, 5.74) is 0.139. The highest BCUT2D eigenvalue weighted by atomic mass is 35.5. The summed E-state index contributed by atoms with van der Waals surface area (Å²) in [6.07, 6.45) is 1.51. The molecule has 152 valence electrons. The van der Waals surface area contributed by atoms with Crippen molar-refractivity contribution < 1.29 is 23.5 Å². The van der Waals surface area contributed by atoms with E-state index in [9.17, 15) is 14.4 Å². The number of nitrogens with one attached hydrogen (secondary N) is 2. The summed E-state index contributed by atoms with van der Waals surface area (Å²) < 4.78 is 11.1. The van der Waals surface area contributed by atoms with Crippen molar-refractivity contribution in [3.8, 4) is 5.75 Å². The number of nitrogens with zero attached hydrogens (tertiary/aromatic N) is 2. The van der Waals surface area contributed by atoms with Crippen molar-refractivity contribution >= 4 is 40.4 Å². The molecule has 4 amide bonds. The van der Waals surface area contributed by atoms with Gasteiger partial charge in [-0.3, -0.25) is 14.9 Å². The van der Waals surface area contributed by atoms with Gasteiger partial charge < -0.3 is 19.4 Å². The number of hydrogen-bond donors (Lipinski definition) is 2. The number of halogens is 1. The van der Waals surface area contributed by atoms with Crippen LogP contribution >= 0.6 is 11.6 Å². The van der Waals surface area contributed by atoms with Crippen LogP contribution in [0.15, 0.2) is 40.9 Å².